The third kappa shape index (κ3) is 4.05. The summed E-state index contributed by atoms with van der Waals surface area (Å²) in [6, 6.07) is 14.4. The average Bonchev–Trinajstić information content (AvgIpc) is 2.31. The number of halogens is 2. The first-order chi connectivity index (χ1) is 8.96. The zero-order chi connectivity index (χ0) is 13.9. The zero-order valence-electron chi connectivity index (χ0n) is 10.9. The lowest BCUT2D eigenvalue weighted by Gasteiger charge is -2.25. The summed E-state index contributed by atoms with van der Waals surface area (Å²) < 4.78 is 13.6. The zero-order valence-corrected chi connectivity index (χ0v) is 11.6. The van der Waals surface area contributed by atoms with Crippen LogP contribution in [0.1, 0.15) is 18.1 Å². The molecule has 0 aliphatic heterocycles. The fraction of sp³-hybridized carbons (Fsp3) is 0.250. The molecule has 0 aromatic heterocycles. The average molecular weight is 278 g/mol. The second-order valence-electron chi connectivity index (χ2n) is 5.23. The molecule has 0 bridgehead atoms. The summed E-state index contributed by atoms with van der Waals surface area (Å²) in [6.45, 7) is 1.93. The van der Waals surface area contributed by atoms with Gasteiger partial charge in [0.05, 0.1) is 0 Å². The molecule has 0 aliphatic rings. The van der Waals surface area contributed by atoms with Gasteiger partial charge in [-0.05, 0) is 49.1 Å². The van der Waals surface area contributed by atoms with Gasteiger partial charge in [-0.1, -0.05) is 41.9 Å². The van der Waals surface area contributed by atoms with E-state index in [2.05, 4.69) is 0 Å². The monoisotopic (exact) mass is 277 g/mol. The van der Waals surface area contributed by atoms with Gasteiger partial charge in [0, 0.05) is 10.6 Å². The second-order valence-corrected chi connectivity index (χ2v) is 5.67. The normalized spacial score (nSPS) is 14.1. The van der Waals surface area contributed by atoms with Crippen molar-refractivity contribution >= 4 is 11.6 Å². The Hall–Kier alpha value is -1.38. The number of nitrogens with two attached hydrogens (primary N) is 1. The van der Waals surface area contributed by atoms with Crippen LogP contribution in [0.4, 0.5) is 4.39 Å². The molecule has 19 heavy (non-hydrogen) atoms. The van der Waals surface area contributed by atoms with E-state index in [0.29, 0.717) is 23.4 Å². The van der Waals surface area contributed by atoms with E-state index in [9.17, 15) is 4.39 Å². The first kappa shape index (κ1) is 14.0. The van der Waals surface area contributed by atoms with Gasteiger partial charge in [-0.25, -0.2) is 4.39 Å². The van der Waals surface area contributed by atoms with E-state index in [0.717, 1.165) is 5.56 Å². The minimum absolute atomic E-state index is 0.203. The number of hydrogen-bond acceptors (Lipinski definition) is 1. The van der Waals surface area contributed by atoms with Crippen LogP contribution >= 0.6 is 11.6 Å². The van der Waals surface area contributed by atoms with Crippen molar-refractivity contribution in [3.63, 3.8) is 0 Å². The van der Waals surface area contributed by atoms with Crippen molar-refractivity contribution < 1.29 is 4.39 Å². The SMILES string of the molecule is CC(N)(Cc1cccc(Cl)c1)Cc1ccccc1F. The molecule has 2 N–H and O–H groups in total. The van der Waals surface area contributed by atoms with Crippen LogP contribution in [0.5, 0.6) is 0 Å². The van der Waals surface area contributed by atoms with Crippen LogP contribution in [0, 0.1) is 5.82 Å². The van der Waals surface area contributed by atoms with E-state index in [1.807, 2.05) is 37.3 Å². The molecule has 0 fully saturated rings. The van der Waals surface area contributed by atoms with E-state index in [1.54, 1.807) is 12.1 Å². The topological polar surface area (TPSA) is 26.0 Å². The van der Waals surface area contributed by atoms with Crippen molar-refractivity contribution in [3.05, 3.63) is 70.5 Å². The molecule has 0 spiro atoms. The van der Waals surface area contributed by atoms with Gasteiger partial charge in [-0.2, -0.15) is 0 Å². The van der Waals surface area contributed by atoms with Crippen molar-refractivity contribution in [1.29, 1.82) is 0 Å². The first-order valence-electron chi connectivity index (χ1n) is 6.23. The molecule has 100 valence electrons. The fourth-order valence-corrected chi connectivity index (χ4v) is 2.47. The highest BCUT2D eigenvalue weighted by atomic mass is 35.5. The van der Waals surface area contributed by atoms with E-state index >= 15 is 0 Å². The Morgan fingerprint density at radius 1 is 1.11 bits per heavy atom. The summed E-state index contributed by atoms with van der Waals surface area (Å²) >= 11 is 5.96. The molecule has 0 saturated heterocycles. The predicted molar refractivity (Wildman–Crippen MR) is 77.9 cm³/mol. The standard InChI is InChI=1S/C16H17ClFN/c1-16(19,10-12-5-4-7-14(17)9-12)11-13-6-2-3-8-15(13)18/h2-9H,10-11,19H2,1H3. The Morgan fingerprint density at radius 2 is 1.84 bits per heavy atom. The summed E-state index contributed by atoms with van der Waals surface area (Å²) in [4.78, 5) is 0. The van der Waals surface area contributed by atoms with Crippen molar-refractivity contribution in [2.45, 2.75) is 25.3 Å². The Balaban J connectivity index is 2.13. The van der Waals surface area contributed by atoms with Crippen LogP contribution in [0.15, 0.2) is 48.5 Å². The molecule has 1 unspecified atom stereocenters. The Labute approximate surface area is 118 Å². The molecule has 1 nitrogen and oxygen atoms in total. The maximum atomic E-state index is 13.6. The van der Waals surface area contributed by atoms with Crippen molar-refractivity contribution in [3.8, 4) is 0 Å². The lowest BCUT2D eigenvalue weighted by Crippen LogP contribution is -2.41. The molecular weight excluding hydrogens is 261 g/mol. The summed E-state index contributed by atoms with van der Waals surface area (Å²) in [5.74, 6) is -0.203. The van der Waals surface area contributed by atoms with Gasteiger partial charge in [-0.3, -0.25) is 0 Å². The molecule has 0 aliphatic carbocycles. The van der Waals surface area contributed by atoms with Crippen LogP contribution in [-0.2, 0) is 12.8 Å². The van der Waals surface area contributed by atoms with Crippen molar-refractivity contribution in [2.75, 3.05) is 0 Å². The number of benzene rings is 2. The maximum Gasteiger partial charge on any atom is 0.126 e. The quantitative estimate of drug-likeness (QED) is 0.899. The van der Waals surface area contributed by atoms with E-state index < -0.39 is 5.54 Å². The highest BCUT2D eigenvalue weighted by molar-refractivity contribution is 6.30. The maximum absolute atomic E-state index is 13.6. The molecule has 3 heteroatoms. The number of hydrogen-bond donors (Lipinski definition) is 1. The Morgan fingerprint density at radius 3 is 2.53 bits per heavy atom. The largest absolute Gasteiger partial charge is 0.325 e. The third-order valence-electron chi connectivity index (χ3n) is 3.05. The van der Waals surface area contributed by atoms with Crippen LogP contribution < -0.4 is 5.73 Å². The molecule has 2 aromatic carbocycles. The first-order valence-corrected chi connectivity index (χ1v) is 6.61. The molecule has 0 heterocycles. The van der Waals surface area contributed by atoms with Crippen molar-refractivity contribution in [1.82, 2.24) is 0 Å². The summed E-state index contributed by atoms with van der Waals surface area (Å²) in [5.41, 5.74) is 7.49. The summed E-state index contributed by atoms with van der Waals surface area (Å²) in [7, 11) is 0. The van der Waals surface area contributed by atoms with Gasteiger partial charge in [0.15, 0.2) is 0 Å². The molecule has 2 aromatic rings. The number of rotatable bonds is 4. The Bertz CT molecular complexity index is 566. The van der Waals surface area contributed by atoms with E-state index in [4.69, 9.17) is 17.3 Å². The highest BCUT2D eigenvalue weighted by Gasteiger charge is 2.21. The highest BCUT2D eigenvalue weighted by Crippen LogP contribution is 2.20. The lowest BCUT2D eigenvalue weighted by atomic mass is 9.87. The molecule has 1 atom stereocenters. The van der Waals surface area contributed by atoms with Crippen LogP contribution in [0.3, 0.4) is 0 Å². The van der Waals surface area contributed by atoms with Crippen molar-refractivity contribution in [2.24, 2.45) is 5.73 Å². The Kier molecular flexibility index (Phi) is 4.23. The molecule has 0 radical (unpaired) electrons. The summed E-state index contributed by atoms with van der Waals surface area (Å²) in [5, 5.41) is 0.694. The minimum atomic E-state index is -0.507. The van der Waals surface area contributed by atoms with Crippen LogP contribution in [0.2, 0.25) is 5.02 Å². The van der Waals surface area contributed by atoms with Crippen LogP contribution in [0.25, 0.3) is 0 Å². The second kappa shape index (κ2) is 5.72. The molecular formula is C16H17ClFN. The fourth-order valence-electron chi connectivity index (χ4n) is 2.25. The molecule has 2 rings (SSSR count). The van der Waals surface area contributed by atoms with Gasteiger partial charge < -0.3 is 5.73 Å². The van der Waals surface area contributed by atoms with Gasteiger partial charge in [0.1, 0.15) is 5.82 Å². The van der Waals surface area contributed by atoms with Gasteiger partial charge >= 0.3 is 0 Å². The lowest BCUT2D eigenvalue weighted by molar-refractivity contribution is 0.451. The van der Waals surface area contributed by atoms with Gasteiger partial charge in [-0.15, -0.1) is 0 Å². The minimum Gasteiger partial charge on any atom is -0.325 e. The van der Waals surface area contributed by atoms with E-state index in [1.165, 1.54) is 6.07 Å². The smallest absolute Gasteiger partial charge is 0.126 e. The van der Waals surface area contributed by atoms with Gasteiger partial charge in [0.25, 0.3) is 0 Å². The van der Waals surface area contributed by atoms with Crippen LogP contribution in [-0.4, -0.2) is 5.54 Å². The predicted octanol–water partition coefficient (Wildman–Crippen LogP) is 3.98. The third-order valence-corrected chi connectivity index (χ3v) is 3.28. The molecule has 0 amide bonds. The van der Waals surface area contributed by atoms with Gasteiger partial charge in [0.2, 0.25) is 0 Å². The summed E-state index contributed by atoms with van der Waals surface area (Å²) in [6.07, 6.45) is 1.15. The molecule has 0 saturated carbocycles. The van der Waals surface area contributed by atoms with E-state index in [-0.39, 0.29) is 5.82 Å².